The number of carbonyl (C=O) groups excluding carboxylic acids is 1. The van der Waals surface area contributed by atoms with E-state index in [0.717, 1.165) is 12.0 Å². The highest BCUT2D eigenvalue weighted by molar-refractivity contribution is 6.42. The largest absolute Gasteiger partial charge is 0.388 e. The monoisotopic (exact) mass is 366 g/mol. The molecule has 0 aliphatic heterocycles. The molecule has 6 heteroatoms. The number of nitrogens with one attached hydrogen (secondary N) is 2. The van der Waals surface area contributed by atoms with Gasteiger partial charge in [-0.1, -0.05) is 53.5 Å². The molecule has 24 heavy (non-hydrogen) atoms. The van der Waals surface area contributed by atoms with Crippen molar-refractivity contribution in [3.63, 3.8) is 0 Å². The molecule has 0 bridgehead atoms. The van der Waals surface area contributed by atoms with Gasteiger partial charge in [-0.25, -0.2) is 4.79 Å². The van der Waals surface area contributed by atoms with Gasteiger partial charge in [0.25, 0.3) is 0 Å². The molecule has 0 saturated carbocycles. The van der Waals surface area contributed by atoms with Gasteiger partial charge in [-0.05, 0) is 43.5 Å². The van der Waals surface area contributed by atoms with Crippen molar-refractivity contribution in [2.45, 2.75) is 25.4 Å². The number of amides is 2. The fourth-order valence-electron chi connectivity index (χ4n) is 2.17. The van der Waals surface area contributed by atoms with E-state index < -0.39 is 11.6 Å². The lowest BCUT2D eigenvalue weighted by molar-refractivity contribution is 0.0539. The first-order valence-corrected chi connectivity index (χ1v) is 8.37. The van der Waals surface area contributed by atoms with Gasteiger partial charge in [-0.2, -0.15) is 0 Å². The van der Waals surface area contributed by atoms with Crippen LogP contribution in [0.2, 0.25) is 10.0 Å². The maximum atomic E-state index is 11.9. The Morgan fingerprint density at radius 3 is 2.50 bits per heavy atom. The van der Waals surface area contributed by atoms with Crippen LogP contribution in [0.4, 0.5) is 10.5 Å². The van der Waals surface area contributed by atoms with Crippen LogP contribution < -0.4 is 10.6 Å². The highest BCUT2D eigenvalue weighted by atomic mass is 35.5. The van der Waals surface area contributed by atoms with Gasteiger partial charge in [0, 0.05) is 12.2 Å². The van der Waals surface area contributed by atoms with Crippen molar-refractivity contribution in [1.82, 2.24) is 5.32 Å². The molecular formula is C18H20Cl2N2O2. The minimum Gasteiger partial charge on any atom is -0.388 e. The maximum absolute atomic E-state index is 11.9. The lowest BCUT2D eigenvalue weighted by Crippen LogP contribution is -2.42. The molecule has 0 aliphatic rings. The Kier molecular flexibility index (Phi) is 6.49. The summed E-state index contributed by atoms with van der Waals surface area (Å²) in [6.45, 7) is 1.85. The van der Waals surface area contributed by atoms with Gasteiger partial charge in [0.15, 0.2) is 0 Å². The van der Waals surface area contributed by atoms with E-state index in [1.807, 2.05) is 30.3 Å². The number of aliphatic hydroxyl groups is 1. The molecule has 1 atom stereocenters. The van der Waals surface area contributed by atoms with E-state index in [4.69, 9.17) is 23.2 Å². The Balaban J connectivity index is 1.80. The molecule has 2 rings (SSSR count). The van der Waals surface area contributed by atoms with E-state index >= 15 is 0 Å². The molecule has 0 spiro atoms. The molecule has 2 amide bonds. The molecule has 0 saturated heterocycles. The van der Waals surface area contributed by atoms with Crippen LogP contribution in [0.3, 0.4) is 0 Å². The summed E-state index contributed by atoms with van der Waals surface area (Å²) in [5.74, 6) is 0. The molecule has 2 aromatic rings. The summed E-state index contributed by atoms with van der Waals surface area (Å²) in [6.07, 6.45) is 1.29. The number of halogens is 2. The van der Waals surface area contributed by atoms with Crippen molar-refractivity contribution >= 4 is 34.9 Å². The molecule has 128 valence electrons. The van der Waals surface area contributed by atoms with Gasteiger partial charge in [0.05, 0.1) is 15.6 Å². The van der Waals surface area contributed by atoms with Crippen LogP contribution in [0.5, 0.6) is 0 Å². The average Bonchev–Trinajstić information content (AvgIpc) is 2.56. The van der Waals surface area contributed by atoms with Crippen molar-refractivity contribution in [2.75, 3.05) is 11.9 Å². The SMILES string of the molecule is C[C@@](O)(CCc1ccccc1)CNC(=O)Nc1ccc(Cl)c(Cl)c1. The first kappa shape index (κ1) is 18.6. The average molecular weight is 367 g/mol. The number of urea groups is 1. The summed E-state index contributed by atoms with van der Waals surface area (Å²) in [4.78, 5) is 11.9. The predicted octanol–water partition coefficient (Wildman–Crippen LogP) is 4.50. The maximum Gasteiger partial charge on any atom is 0.319 e. The van der Waals surface area contributed by atoms with E-state index in [2.05, 4.69) is 10.6 Å². The van der Waals surface area contributed by atoms with Crippen molar-refractivity contribution < 1.29 is 9.90 Å². The minimum absolute atomic E-state index is 0.146. The van der Waals surface area contributed by atoms with Gasteiger partial charge >= 0.3 is 6.03 Å². The summed E-state index contributed by atoms with van der Waals surface area (Å²) in [5, 5.41) is 16.5. The zero-order valence-electron chi connectivity index (χ0n) is 13.4. The highest BCUT2D eigenvalue weighted by Crippen LogP contribution is 2.24. The normalized spacial score (nSPS) is 13.2. The quantitative estimate of drug-likeness (QED) is 0.704. The Bertz CT molecular complexity index is 691. The van der Waals surface area contributed by atoms with Gasteiger partial charge in [0.1, 0.15) is 0 Å². The number of aryl methyl sites for hydroxylation is 1. The number of carbonyl (C=O) groups is 1. The fourth-order valence-corrected chi connectivity index (χ4v) is 2.46. The van der Waals surface area contributed by atoms with Crippen LogP contribution in [0.15, 0.2) is 48.5 Å². The molecule has 0 radical (unpaired) electrons. The van der Waals surface area contributed by atoms with Gasteiger partial charge in [-0.3, -0.25) is 0 Å². The standard InChI is InChI=1S/C18H20Cl2N2O2/c1-18(24,10-9-13-5-3-2-4-6-13)12-21-17(23)22-14-7-8-15(19)16(20)11-14/h2-8,11,24H,9-10,12H2,1H3,(H2,21,22,23)/t18-/m1/s1. The number of hydrogen-bond donors (Lipinski definition) is 3. The first-order valence-electron chi connectivity index (χ1n) is 7.62. The van der Waals surface area contributed by atoms with Crippen molar-refractivity contribution in [1.29, 1.82) is 0 Å². The van der Waals surface area contributed by atoms with E-state index in [1.165, 1.54) is 0 Å². The molecular weight excluding hydrogens is 347 g/mol. The number of anilines is 1. The highest BCUT2D eigenvalue weighted by Gasteiger charge is 2.21. The van der Waals surface area contributed by atoms with Crippen molar-refractivity contribution in [3.05, 3.63) is 64.1 Å². The third kappa shape index (κ3) is 6.04. The molecule has 0 unspecified atom stereocenters. The van der Waals surface area contributed by atoms with E-state index in [1.54, 1.807) is 25.1 Å². The lowest BCUT2D eigenvalue weighted by Gasteiger charge is -2.23. The zero-order valence-corrected chi connectivity index (χ0v) is 14.9. The Hall–Kier alpha value is -1.75. The molecule has 0 aromatic heterocycles. The minimum atomic E-state index is -0.995. The van der Waals surface area contributed by atoms with Gasteiger partial charge in [-0.15, -0.1) is 0 Å². The number of hydrogen-bond acceptors (Lipinski definition) is 2. The van der Waals surface area contributed by atoms with Crippen LogP contribution in [0, 0.1) is 0 Å². The zero-order chi connectivity index (χ0) is 17.6. The second kappa shape index (κ2) is 8.38. The summed E-state index contributed by atoms with van der Waals surface area (Å²) < 4.78 is 0. The lowest BCUT2D eigenvalue weighted by atomic mass is 9.97. The van der Waals surface area contributed by atoms with E-state index in [9.17, 15) is 9.90 Å². The van der Waals surface area contributed by atoms with Gasteiger partial charge in [0.2, 0.25) is 0 Å². The van der Waals surface area contributed by atoms with Crippen LogP contribution in [-0.4, -0.2) is 23.3 Å². The smallest absolute Gasteiger partial charge is 0.319 e. The summed E-state index contributed by atoms with van der Waals surface area (Å²) in [6, 6.07) is 14.3. The molecule has 3 N–H and O–H groups in total. The Morgan fingerprint density at radius 1 is 1.12 bits per heavy atom. The summed E-state index contributed by atoms with van der Waals surface area (Å²) in [7, 11) is 0. The summed E-state index contributed by atoms with van der Waals surface area (Å²) in [5.41, 5.74) is 0.689. The molecule has 0 heterocycles. The van der Waals surface area contributed by atoms with E-state index in [-0.39, 0.29) is 6.54 Å². The number of rotatable bonds is 6. The molecule has 0 aliphatic carbocycles. The first-order chi connectivity index (χ1) is 11.4. The Morgan fingerprint density at radius 2 is 1.83 bits per heavy atom. The van der Waals surface area contributed by atoms with Crippen molar-refractivity contribution in [3.8, 4) is 0 Å². The second-order valence-corrected chi connectivity index (χ2v) is 6.73. The number of benzene rings is 2. The molecule has 2 aromatic carbocycles. The van der Waals surface area contributed by atoms with E-state index in [0.29, 0.717) is 22.2 Å². The molecule has 0 fully saturated rings. The second-order valence-electron chi connectivity index (χ2n) is 5.92. The van der Waals surface area contributed by atoms with Crippen LogP contribution >= 0.6 is 23.2 Å². The van der Waals surface area contributed by atoms with Gasteiger partial charge < -0.3 is 15.7 Å². The molecule has 4 nitrogen and oxygen atoms in total. The topological polar surface area (TPSA) is 61.4 Å². The third-order valence-corrected chi connectivity index (χ3v) is 4.34. The van der Waals surface area contributed by atoms with Crippen molar-refractivity contribution in [2.24, 2.45) is 0 Å². The van der Waals surface area contributed by atoms with Crippen LogP contribution in [0.25, 0.3) is 0 Å². The fraction of sp³-hybridized carbons (Fsp3) is 0.278. The third-order valence-electron chi connectivity index (χ3n) is 3.60. The predicted molar refractivity (Wildman–Crippen MR) is 98.9 cm³/mol. The Labute approximate surface area is 151 Å². The summed E-state index contributed by atoms with van der Waals surface area (Å²) >= 11 is 11.7. The van der Waals surface area contributed by atoms with Crippen LogP contribution in [-0.2, 0) is 6.42 Å². The van der Waals surface area contributed by atoms with Crippen LogP contribution in [0.1, 0.15) is 18.9 Å².